The molecule has 4 amide bonds. The summed E-state index contributed by atoms with van der Waals surface area (Å²) in [5.74, 6) is 0.662. The number of rotatable bonds is 7. The van der Waals surface area contributed by atoms with E-state index in [1.54, 1.807) is 55.6 Å². The van der Waals surface area contributed by atoms with Crippen molar-refractivity contribution in [3.8, 4) is 5.75 Å². The molecule has 1 aliphatic heterocycles. The van der Waals surface area contributed by atoms with Gasteiger partial charge in [0.2, 0.25) is 5.91 Å². The summed E-state index contributed by atoms with van der Waals surface area (Å²) in [4.78, 5) is 38.4. The summed E-state index contributed by atoms with van der Waals surface area (Å²) in [5, 5.41) is 3.16. The lowest BCUT2D eigenvalue weighted by molar-refractivity contribution is -0.125. The topological polar surface area (TPSA) is 79.0 Å². The summed E-state index contributed by atoms with van der Waals surface area (Å²) in [6.07, 6.45) is 0. The second-order valence-corrected chi connectivity index (χ2v) is 7.75. The number of amides is 4. The van der Waals surface area contributed by atoms with Crippen LogP contribution in [0, 0.1) is 0 Å². The molecule has 0 aliphatic carbocycles. The third kappa shape index (κ3) is 5.88. The first-order chi connectivity index (χ1) is 13.9. The number of nitrogens with one attached hydrogen (secondary N) is 1. The summed E-state index contributed by atoms with van der Waals surface area (Å²) in [7, 11) is 1.67. The van der Waals surface area contributed by atoms with Gasteiger partial charge in [-0.15, -0.1) is 0 Å². The lowest BCUT2D eigenvalue weighted by atomic mass is 10.2. The van der Waals surface area contributed by atoms with Crippen molar-refractivity contribution in [3.05, 3.63) is 59.1 Å². The first kappa shape index (κ1) is 21.0. The number of thioether (sulfide) groups is 1. The van der Waals surface area contributed by atoms with Crippen LogP contribution < -0.4 is 10.1 Å². The SMILES string of the molecule is CN(CCOc1cccc(Cl)c1)C(=O)Nc1ccc(CN2C(=O)CSC2=O)cc1. The highest BCUT2D eigenvalue weighted by atomic mass is 35.5. The monoisotopic (exact) mass is 433 g/mol. The smallest absolute Gasteiger partial charge is 0.321 e. The summed E-state index contributed by atoms with van der Waals surface area (Å²) >= 11 is 6.92. The Bertz CT molecular complexity index is 891. The predicted molar refractivity (Wildman–Crippen MR) is 113 cm³/mol. The van der Waals surface area contributed by atoms with E-state index in [4.69, 9.17) is 16.3 Å². The van der Waals surface area contributed by atoms with Crippen LogP contribution >= 0.6 is 23.4 Å². The van der Waals surface area contributed by atoms with Crippen LogP contribution in [0.25, 0.3) is 0 Å². The number of halogens is 1. The van der Waals surface area contributed by atoms with Crippen LogP contribution in [-0.4, -0.2) is 52.9 Å². The first-order valence-electron chi connectivity index (χ1n) is 8.89. The van der Waals surface area contributed by atoms with Gasteiger partial charge in [-0.3, -0.25) is 14.5 Å². The van der Waals surface area contributed by atoms with Gasteiger partial charge in [0.1, 0.15) is 12.4 Å². The number of nitrogens with zero attached hydrogens (tertiary/aromatic N) is 2. The molecule has 7 nitrogen and oxygen atoms in total. The molecule has 1 heterocycles. The van der Waals surface area contributed by atoms with E-state index < -0.39 is 0 Å². The minimum Gasteiger partial charge on any atom is -0.492 e. The fourth-order valence-electron chi connectivity index (χ4n) is 2.59. The fraction of sp³-hybridized carbons (Fsp3) is 0.250. The zero-order valence-corrected chi connectivity index (χ0v) is 17.3. The van der Waals surface area contributed by atoms with Crippen molar-refractivity contribution >= 4 is 46.2 Å². The van der Waals surface area contributed by atoms with Gasteiger partial charge in [-0.25, -0.2) is 4.79 Å². The van der Waals surface area contributed by atoms with Crippen LogP contribution in [0.15, 0.2) is 48.5 Å². The molecule has 9 heteroatoms. The van der Waals surface area contributed by atoms with Gasteiger partial charge in [-0.1, -0.05) is 41.6 Å². The van der Waals surface area contributed by atoms with Gasteiger partial charge in [-0.2, -0.15) is 0 Å². The van der Waals surface area contributed by atoms with Crippen LogP contribution in [-0.2, 0) is 11.3 Å². The molecule has 0 spiro atoms. The summed E-state index contributed by atoms with van der Waals surface area (Å²) < 4.78 is 5.59. The number of urea groups is 1. The highest BCUT2D eigenvalue weighted by Gasteiger charge is 2.29. The Kier molecular flexibility index (Phi) is 7.00. The molecule has 0 saturated carbocycles. The van der Waals surface area contributed by atoms with Crippen molar-refractivity contribution in [2.75, 3.05) is 31.3 Å². The molecule has 2 aromatic carbocycles. The number of likely N-dealkylation sites (N-methyl/N-ethyl adjacent to an activating group) is 1. The van der Waals surface area contributed by atoms with Crippen molar-refractivity contribution in [1.29, 1.82) is 0 Å². The predicted octanol–water partition coefficient (Wildman–Crippen LogP) is 4.08. The van der Waals surface area contributed by atoms with Gasteiger partial charge in [-0.05, 0) is 35.9 Å². The maximum atomic E-state index is 12.3. The van der Waals surface area contributed by atoms with E-state index in [9.17, 15) is 14.4 Å². The Hall–Kier alpha value is -2.71. The fourth-order valence-corrected chi connectivity index (χ4v) is 3.49. The number of hydrogen-bond donors (Lipinski definition) is 1. The average molecular weight is 434 g/mol. The number of imide groups is 1. The quantitative estimate of drug-likeness (QED) is 0.711. The highest BCUT2D eigenvalue weighted by molar-refractivity contribution is 8.14. The lowest BCUT2D eigenvalue weighted by Crippen LogP contribution is -2.34. The highest BCUT2D eigenvalue weighted by Crippen LogP contribution is 2.22. The van der Waals surface area contributed by atoms with E-state index in [2.05, 4.69) is 5.32 Å². The lowest BCUT2D eigenvalue weighted by Gasteiger charge is -2.18. The number of benzene rings is 2. The second kappa shape index (κ2) is 9.67. The van der Waals surface area contributed by atoms with Crippen molar-refractivity contribution in [1.82, 2.24) is 9.80 Å². The Balaban J connectivity index is 1.45. The van der Waals surface area contributed by atoms with Crippen molar-refractivity contribution < 1.29 is 19.1 Å². The van der Waals surface area contributed by atoms with Gasteiger partial charge >= 0.3 is 6.03 Å². The molecule has 29 heavy (non-hydrogen) atoms. The Labute approximate surface area is 177 Å². The molecule has 1 fully saturated rings. The molecule has 0 aromatic heterocycles. The van der Waals surface area contributed by atoms with Crippen molar-refractivity contribution in [2.45, 2.75) is 6.54 Å². The van der Waals surface area contributed by atoms with Crippen LogP contribution in [0.3, 0.4) is 0 Å². The third-order valence-electron chi connectivity index (χ3n) is 4.22. The first-order valence-corrected chi connectivity index (χ1v) is 10.3. The molecule has 0 atom stereocenters. The molecule has 1 saturated heterocycles. The van der Waals surface area contributed by atoms with E-state index in [-0.39, 0.29) is 29.5 Å². The normalized spacial score (nSPS) is 13.5. The van der Waals surface area contributed by atoms with E-state index in [1.807, 2.05) is 0 Å². The van der Waals surface area contributed by atoms with E-state index in [0.29, 0.717) is 29.6 Å². The maximum Gasteiger partial charge on any atom is 0.321 e. The summed E-state index contributed by atoms with van der Waals surface area (Å²) in [6, 6.07) is 13.8. The molecule has 1 N–H and O–H groups in total. The summed E-state index contributed by atoms with van der Waals surface area (Å²) in [6.45, 7) is 0.964. The molecule has 152 valence electrons. The van der Waals surface area contributed by atoms with Crippen LogP contribution in [0.1, 0.15) is 5.56 Å². The zero-order chi connectivity index (χ0) is 20.8. The molecule has 3 rings (SSSR count). The van der Waals surface area contributed by atoms with E-state index in [0.717, 1.165) is 17.3 Å². The standard InChI is InChI=1S/C20H20ClN3O4S/c1-23(9-10-28-17-4-2-3-15(21)11-17)19(26)22-16-7-5-14(6-8-16)12-24-18(25)13-29-20(24)27/h2-8,11H,9-10,12-13H2,1H3,(H,22,26). The van der Waals surface area contributed by atoms with Gasteiger partial charge < -0.3 is 15.0 Å². The second-order valence-electron chi connectivity index (χ2n) is 6.39. The molecule has 0 bridgehead atoms. The van der Waals surface area contributed by atoms with Gasteiger partial charge in [0.15, 0.2) is 0 Å². The largest absolute Gasteiger partial charge is 0.492 e. The van der Waals surface area contributed by atoms with E-state index in [1.165, 1.54) is 9.80 Å². The molecular weight excluding hydrogens is 414 g/mol. The minimum atomic E-state index is -0.270. The van der Waals surface area contributed by atoms with Gasteiger partial charge in [0, 0.05) is 17.8 Å². The average Bonchev–Trinajstić information content (AvgIpc) is 3.01. The number of anilines is 1. The Morgan fingerprint density at radius 1 is 1.24 bits per heavy atom. The number of hydrogen-bond acceptors (Lipinski definition) is 5. The maximum absolute atomic E-state index is 12.3. The number of carbonyl (C=O) groups excluding carboxylic acids is 3. The molecule has 0 unspecified atom stereocenters. The van der Waals surface area contributed by atoms with Crippen molar-refractivity contribution in [2.24, 2.45) is 0 Å². The number of ether oxygens (including phenoxy) is 1. The molecular formula is C20H20ClN3O4S. The van der Waals surface area contributed by atoms with E-state index >= 15 is 0 Å². The molecule has 2 aromatic rings. The number of carbonyl (C=O) groups is 3. The zero-order valence-electron chi connectivity index (χ0n) is 15.8. The summed E-state index contributed by atoms with van der Waals surface area (Å²) in [5.41, 5.74) is 1.44. The molecule has 0 radical (unpaired) electrons. The van der Waals surface area contributed by atoms with Crippen LogP contribution in [0.2, 0.25) is 5.02 Å². The molecule has 1 aliphatic rings. The third-order valence-corrected chi connectivity index (χ3v) is 5.32. The van der Waals surface area contributed by atoms with Crippen LogP contribution in [0.4, 0.5) is 15.3 Å². The van der Waals surface area contributed by atoms with Crippen LogP contribution in [0.5, 0.6) is 5.75 Å². The minimum absolute atomic E-state index is 0.181. The Morgan fingerprint density at radius 2 is 2.00 bits per heavy atom. The van der Waals surface area contributed by atoms with Gasteiger partial charge in [0.05, 0.1) is 18.8 Å². The Morgan fingerprint density at radius 3 is 2.66 bits per heavy atom. The van der Waals surface area contributed by atoms with Crippen molar-refractivity contribution in [3.63, 3.8) is 0 Å². The van der Waals surface area contributed by atoms with Gasteiger partial charge in [0.25, 0.3) is 5.24 Å².